The molecule has 2 aromatic carbocycles. The Bertz CT molecular complexity index is 623. The molecule has 3 heteroatoms. The largest absolute Gasteiger partial charge is 0.465 e. The maximum atomic E-state index is 14.3. The van der Waals surface area contributed by atoms with E-state index in [2.05, 4.69) is 0 Å². The van der Waals surface area contributed by atoms with Crippen molar-refractivity contribution in [3.8, 4) is 11.1 Å². The Hall–Kier alpha value is -2.16. The number of carbonyl (C=O) groups excluding carboxylic acids is 1. The van der Waals surface area contributed by atoms with Gasteiger partial charge in [-0.3, -0.25) is 4.79 Å². The maximum Gasteiger partial charge on any atom is 0.313 e. The third-order valence-electron chi connectivity index (χ3n) is 3.67. The van der Waals surface area contributed by atoms with Gasteiger partial charge in [0.15, 0.2) is 0 Å². The minimum atomic E-state index is -0.462. The molecular weight excluding hydrogens is 279 g/mol. The summed E-state index contributed by atoms with van der Waals surface area (Å²) in [6, 6.07) is 14.3. The lowest BCUT2D eigenvalue weighted by Crippen LogP contribution is -2.14. The molecule has 0 aliphatic carbocycles. The van der Waals surface area contributed by atoms with Crippen LogP contribution in [0.2, 0.25) is 0 Å². The number of benzene rings is 2. The van der Waals surface area contributed by atoms with Gasteiger partial charge in [-0.15, -0.1) is 0 Å². The first-order valence-corrected chi connectivity index (χ1v) is 7.65. The van der Waals surface area contributed by atoms with Crippen molar-refractivity contribution >= 4 is 5.97 Å². The Morgan fingerprint density at radius 2 is 1.91 bits per heavy atom. The summed E-state index contributed by atoms with van der Waals surface area (Å²) in [6.45, 7) is 4.20. The summed E-state index contributed by atoms with van der Waals surface area (Å²) in [5, 5.41) is 0. The highest BCUT2D eigenvalue weighted by atomic mass is 19.1. The van der Waals surface area contributed by atoms with Gasteiger partial charge < -0.3 is 4.74 Å². The van der Waals surface area contributed by atoms with Gasteiger partial charge in [-0.1, -0.05) is 55.8 Å². The average molecular weight is 300 g/mol. The molecule has 0 aromatic heterocycles. The molecule has 1 atom stereocenters. The number of unbranched alkanes of at least 4 members (excludes halogenated alkanes) is 1. The van der Waals surface area contributed by atoms with E-state index in [4.69, 9.17) is 4.74 Å². The summed E-state index contributed by atoms with van der Waals surface area (Å²) in [5.74, 6) is -1.09. The molecule has 0 heterocycles. The van der Waals surface area contributed by atoms with Crippen LogP contribution in [0.1, 0.15) is 38.2 Å². The predicted octanol–water partition coefficient (Wildman–Crippen LogP) is 4.94. The fourth-order valence-corrected chi connectivity index (χ4v) is 2.23. The highest BCUT2D eigenvalue weighted by Crippen LogP contribution is 2.26. The summed E-state index contributed by atoms with van der Waals surface area (Å²) in [5.41, 5.74) is 2.00. The van der Waals surface area contributed by atoms with Crippen LogP contribution in [0.15, 0.2) is 48.5 Å². The van der Waals surface area contributed by atoms with Crippen LogP contribution in [0.4, 0.5) is 4.39 Å². The van der Waals surface area contributed by atoms with Gasteiger partial charge in [0, 0.05) is 5.56 Å². The molecule has 22 heavy (non-hydrogen) atoms. The van der Waals surface area contributed by atoms with Gasteiger partial charge in [0.25, 0.3) is 0 Å². The zero-order valence-electron chi connectivity index (χ0n) is 13.0. The second-order valence-corrected chi connectivity index (χ2v) is 5.35. The zero-order valence-corrected chi connectivity index (χ0v) is 13.0. The molecule has 116 valence electrons. The van der Waals surface area contributed by atoms with Crippen LogP contribution in [0.25, 0.3) is 11.1 Å². The number of carbonyl (C=O) groups is 1. The SMILES string of the molecule is CCCCOC(=O)C(C)c1ccc(-c2ccccc2)c(F)c1. The van der Waals surface area contributed by atoms with E-state index in [0.29, 0.717) is 17.7 Å². The van der Waals surface area contributed by atoms with Crippen LogP contribution in [0, 0.1) is 5.82 Å². The Morgan fingerprint density at radius 3 is 2.55 bits per heavy atom. The van der Waals surface area contributed by atoms with Crippen molar-refractivity contribution in [3.05, 3.63) is 59.9 Å². The van der Waals surface area contributed by atoms with Crippen molar-refractivity contribution in [3.63, 3.8) is 0 Å². The van der Waals surface area contributed by atoms with Crippen molar-refractivity contribution in [2.24, 2.45) is 0 Å². The van der Waals surface area contributed by atoms with Gasteiger partial charge in [0.2, 0.25) is 0 Å². The molecule has 2 nitrogen and oxygen atoms in total. The second-order valence-electron chi connectivity index (χ2n) is 5.35. The monoisotopic (exact) mass is 300 g/mol. The molecule has 0 saturated carbocycles. The van der Waals surface area contributed by atoms with Crippen molar-refractivity contribution in [1.82, 2.24) is 0 Å². The third-order valence-corrected chi connectivity index (χ3v) is 3.67. The molecular formula is C19H21FO2. The second kappa shape index (κ2) is 7.74. The highest BCUT2D eigenvalue weighted by molar-refractivity contribution is 5.78. The molecule has 0 fully saturated rings. The van der Waals surface area contributed by atoms with Gasteiger partial charge in [-0.2, -0.15) is 0 Å². The van der Waals surface area contributed by atoms with E-state index in [-0.39, 0.29) is 11.8 Å². The smallest absolute Gasteiger partial charge is 0.313 e. The van der Waals surface area contributed by atoms with Crippen LogP contribution in [0.5, 0.6) is 0 Å². The molecule has 0 aliphatic rings. The normalized spacial score (nSPS) is 12.0. The molecule has 2 aromatic rings. The van der Waals surface area contributed by atoms with E-state index < -0.39 is 5.92 Å². The van der Waals surface area contributed by atoms with Gasteiger partial charge in [0.1, 0.15) is 5.82 Å². The maximum absolute atomic E-state index is 14.3. The summed E-state index contributed by atoms with van der Waals surface area (Å²) >= 11 is 0. The van der Waals surface area contributed by atoms with Crippen molar-refractivity contribution < 1.29 is 13.9 Å². The lowest BCUT2D eigenvalue weighted by Gasteiger charge is -2.13. The molecule has 0 bridgehead atoms. The number of ether oxygens (including phenoxy) is 1. The molecule has 0 spiro atoms. The zero-order chi connectivity index (χ0) is 15.9. The molecule has 1 unspecified atom stereocenters. The number of halogens is 1. The molecule has 0 aliphatic heterocycles. The fraction of sp³-hybridized carbons (Fsp3) is 0.316. The first kappa shape index (κ1) is 16.2. The molecule has 0 N–H and O–H groups in total. The summed E-state index contributed by atoms with van der Waals surface area (Å²) < 4.78 is 19.5. The molecule has 0 amide bonds. The van der Waals surface area contributed by atoms with Gasteiger partial charge >= 0.3 is 5.97 Å². The van der Waals surface area contributed by atoms with Crippen molar-refractivity contribution in [2.45, 2.75) is 32.6 Å². The predicted molar refractivity (Wildman–Crippen MR) is 86.1 cm³/mol. The minimum absolute atomic E-state index is 0.305. The number of esters is 1. The fourth-order valence-electron chi connectivity index (χ4n) is 2.23. The van der Waals surface area contributed by atoms with E-state index in [1.165, 1.54) is 6.07 Å². The van der Waals surface area contributed by atoms with Gasteiger partial charge in [-0.25, -0.2) is 4.39 Å². The van der Waals surface area contributed by atoms with E-state index >= 15 is 0 Å². The first-order chi connectivity index (χ1) is 10.6. The van der Waals surface area contributed by atoms with Crippen LogP contribution in [0.3, 0.4) is 0 Å². The van der Waals surface area contributed by atoms with Crippen LogP contribution in [-0.4, -0.2) is 12.6 Å². The Kier molecular flexibility index (Phi) is 5.70. The van der Waals surface area contributed by atoms with Crippen molar-refractivity contribution in [2.75, 3.05) is 6.61 Å². The molecule has 2 rings (SSSR count). The number of hydrogen-bond donors (Lipinski definition) is 0. The number of rotatable bonds is 6. The van der Waals surface area contributed by atoms with Gasteiger partial charge in [-0.05, 0) is 30.5 Å². The van der Waals surface area contributed by atoms with Crippen LogP contribution >= 0.6 is 0 Å². The third kappa shape index (κ3) is 3.94. The Balaban J connectivity index is 2.13. The molecule has 0 radical (unpaired) electrons. The molecule has 0 saturated heterocycles. The minimum Gasteiger partial charge on any atom is -0.465 e. The summed E-state index contributed by atoms with van der Waals surface area (Å²) in [6.07, 6.45) is 1.82. The van der Waals surface area contributed by atoms with Gasteiger partial charge in [0.05, 0.1) is 12.5 Å². The number of hydrogen-bond acceptors (Lipinski definition) is 2. The van der Waals surface area contributed by atoms with Crippen molar-refractivity contribution in [1.29, 1.82) is 0 Å². The highest BCUT2D eigenvalue weighted by Gasteiger charge is 2.18. The average Bonchev–Trinajstić information content (AvgIpc) is 2.55. The quantitative estimate of drug-likeness (QED) is 0.558. The lowest BCUT2D eigenvalue weighted by molar-refractivity contribution is -0.145. The Morgan fingerprint density at radius 1 is 1.18 bits per heavy atom. The lowest BCUT2D eigenvalue weighted by atomic mass is 9.97. The summed E-state index contributed by atoms with van der Waals surface area (Å²) in [7, 11) is 0. The van der Waals surface area contributed by atoms with E-state index in [1.807, 2.05) is 37.3 Å². The van der Waals surface area contributed by atoms with E-state index in [1.54, 1.807) is 19.1 Å². The Labute approximate surface area is 130 Å². The first-order valence-electron chi connectivity index (χ1n) is 7.65. The topological polar surface area (TPSA) is 26.3 Å². The van der Waals surface area contributed by atoms with E-state index in [0.717, 1.165) is 18.4 Å². The van der Waals surface area contributed by atoms with Crippen LogP contribution < -0.4 is 0 Å². The van der Waals surface area contributed by atoms with E-state index in [9.17, 15) is 9.18 Å². The summed E-state index contributed by atoms with van der Waals surface area (Å²) in [4.78, 5) is 11.9. The standard InChI is InChI=1S/C19H21FO2/c1-3-4-12-22-19(21)14(2)16-10-11-17(18(20)13-16)15-8-6-5-7-9-15/h5-11,13-14H,3-4,12H2,1-2H3. The van der Waals surface area contributed by atoms with Crippen LogP contribution in [-0.2, 0) is 9.53 Å².